The van der Waals surface area contributed by atoms with E-state index in [2.05, 4.69) is 18.5 Å². The quantitative estimate of drug-likeness (QED) is 0.189. The Balaban J connectivity index is 1.53. The molecule has 3 saturated heterocycles. The van der Waals surface area contributed by atoms with E-state index >= 15 is 4.79 Å². The van der Waals surface area contributed by atoms with Crippen LogP contribution in [0.3, 0.4) is 0 Å². The molecule has 268 valence electrons. The smallest absolute Gasteiger partial charge is 0.306 e. The summed E-state index contributed by atoms with van der Waals surface area (Å²) in [5.74, 6) is -3.45. The maximum Gasteiger partial charge on any atom is 0.306 e. The van der Waals surface area contributed by atoms with Gasteiger partial charge in [0.05, 0.1) is 36.6 Å². The van der Waals surface area contributed by atoms with Crippen LogP contribution in [0.5, 0.6) is 0 Å². The number of rotatable bonds is 16. The lowest BCUT2D eigenvalue weighted by atomic mass is 9.70. The van der Waals surface area contributed by atoms with E-state index in [-0.39, 0.29) is 43.9 Å². The number of likely N-dealkylation sites (tertiary alicyclic amines) is 1. The molecule has 0 aromatic heterocycles. The minimum absolute atomic E-state index is 0.0894. The number of esters is 1. The number of allylic oxidation sites excluding steroid dienone is 1. The third-order valence-electron chi connectivity index (χ3n) is 10.9. The van der Waals surface area contributed by atoms with Crippen LogP contribution in [0.4, 0.5) is 5.69 Å². The third-order valence-corrected chi connectivity index (χ3v) is 10.9. The minimum atomic E-state index is -1.27. The second kappa shape index (κ2) is 15.7. The maximum absolute atomic E-state index is 15.1. The number of para-hydroxylation sites is 1. The van der Waals surface area contributed by atoms with Crippen molar-refractivity contribution in [3.63, 3.8) is 0 Å². The van der Waals surface area contributed by atoms with Crippen molar-refractivity contribution in [3.05, 3.63) is 90.5 Å². The second-order valence-corrected chi connectivity index (χ2v) is 13.9. The van der Waals surface area contributed by atoms with Gasteiger partial charge < -0.3 is 29.7 Å². The zero-order chi connectivity index (χ0) is 36.2. The summed E-state index contributed by atoms with van der Waals surface area (Å²) in [6.07, 6.45) is 4.94. The largest absolute Gasteiger partial charge is 0.463 e. The number of aliphatic hydroxyl groups is 1. The standard InChI is InChI=1S/C40H51N3O7/c1-7-10-19-32(45)49-24-29(28-17-12-11-13-18-28)41-37(46)33-31-20-21-40(50-31)34(33)38(47)43(30(23-44)25(4)9-3)36(40)39(48)42(22-8-2)35-26(5)15-14-16-27(35)6/h7-8,11-18,25,29-31,33-34,36,44H,1-2,9-10,19-24H2,3-6H3,(H,41,46)/t25-,29+,30-,31-,33+,34+,36-,40+/m0/s1. The number of carbonyl (C=O) groups is 4. The first-order valence-corrected chi connectivity index (χ1v) is 17.8. The molecule has 8 atom stereocenters. The molecule has 5 rings (SSSR count). The average Bonchev–Trinajstić information content (AvgIpc) is 3.76. The van der Waals surface area contributed by atoms with Gasteiger partial charge in [-0.1, -0.05) is 81.0 Å². The van der Waals surface area contributed by atoms with Crippen molar-refractivity contribution < 1.29 is 33.8 Å². The van der Waals surface area contributed by atoms with Crippen molar-refractivity contribution in [1.29, 1.82) is 0 Å². The van der Waals surface area contributed by atoms with E-state index in [0.29, 0.717) is 25.7 Å². The van der Waals surface area contributed by atoms with Crippen LogP contribution in [-0.2, 0) is 28.7 Å². The molecule has 2 bridgehead atoms. The number of anilines is 1. The summed E-state index contributed by atoms with van der Waals surface area (Å²) in [7, 11) is 0. The molecular weight excluding hydrogens is 634 g/mol. The van der Waals surface area contributed by atoms with Gasteiger partial charge in [0, 0.05) is 18.7 Å². The van der Waals surface area contributed by atoms with Crippen molar-refractivity contribution in [3.8, 4) is 0 Å². The summed E-state index contributed by atoms with van der Waals surface area (Å²) in [5, 5.41) is 13.8. The topological polar surface area (TPSA) is 125 Å². The van der Waals surface area contributed by atoms with Crippen LogP contribution in [0.25, 0.3) is 0 Å². The van der Waals surface area contributed by atoms with Crippen molar-refractivity contribution >= 4 is 29.4 Å². The number of nitrogens with one attached hydrogen (secondary N) is 1. The molecule has 10 heteroatoms. The summed E-state index contributed by atoms with van der Waals surface area (Å²) in [5.41, 5.74) is 2.02. The fourth-order valence-corrected chi connectivity index (χ4v) is 8.28. The predicted octanol–water partition coefficient (Wildman–Crippen LogP) is 4.97. The normalized spacial score (nSPS) is 25.4. The van der Waals surface area contributed by atoms with Crippen LogP contribution in [0.1, 0.15) is 68.7 Å². The SMILES string of the molecule is C=CCCC(=O)OC[C@@H](NC(=O)[C@@H]1[C@@H]2CC[C@]3(O2)[C@H](C(=O)N(CC=C)c2c(C)cccc2C)N([C@@H](CO)[C@@H](C)CC)C(=O)[C@@H]13)c1ccccc1. The summed E-state index contributed by atoms with van der Waals surface area (Å²) in [6, 6.07) is 12.6. The lowest BCUT2D eigenvalue weighted by Gasteiger charge is -2.41. The second-order valence-electron chi connectivity index (χ2n) is 13.9. The molecule has 0 saturated carbocycles. The summed E-state index contributed by atoms with van der Waals surface area (Å²) in [4.78, 5) is 59.9. The van der Waals surface area contributed by atoms with Crippen molar-refractivity contribution in [2.75, 3.05) is 24.7 Å². The Morgan fingerprint density at radius 2 is 1.82 bits per heavy atom. The average molecular weight is 686 g/mol. The van der Waals surface area contributed by atoms with Crippen LogP contribution in [0.2, 0.25) is 0 Å². The van der Waals surface area contributed by atoms with Crippen molar-refractivity contribution in [2.45, 2.75) is 89.6 Å². The van der Waals surface area contributed by atoms with Gasteiger partial charge in [-0.3, -0.25) is 19.2 Å². The molecule has 3 heterocycles. The summed E-state index contributed by atoms with van der Waals surface area (Å²) in [6.45, 7) is 15.2. The molecule has 3 fully saturated rings. The van der Waals surface area contributed by atoms with Gasteiger partial charge in [0.1, 0.15) is 18.2 Å². The predicted molar refractivity (Wildman–Crippen MR) is 191 cm³/mol. The van der Waals surface area contributed by atoms with Gasteiger partial charge in [0.15, 0.2) is 0 Å². The number of nitrogens with zero attached hydrogens (tertiary/aromatic N) is 2. The zero-order valence-electron chi connectivity index (χ0n) is 29.7. The molecule has 0 unspecified atom stereocenters. The molecular formula is C40H51N3O7. The Morgan fingerprint density at radius 3 is 2.44 bits per heavy atom. The van der Waals surface area contributed by atoms with E-state index in [0.717, 1.165) is 22.4 Å². The molecule has 3 aliphatic heterocycles. The molecule has 0 aliphatic carbocycles. The minimum Gasteiger partial charge on any atom is -0.463 e. The van der Waals surface area contributed by atoms with Crippen LogP contribution in [-0.4, -0.2) is 77.2 Å². The van der Waals surface area contributed by atoms with E-state index in [1.165, 1.54) is 0 Å². The van der Waals surface area contributed by atoms with Gasteiger partial charge in [-0.2, -0.15) is 0 Å². The highest BCUT2D eigenvalue weighted by atomic mass is 16.5. The molecule has 3 amide bonds. The monoisotopic (exact) mass is 685 g/mol. The number of hydrogen-bond donors (Lipinski definition) is 2. The Morgan fingerprint density at radius 1 is 1.12 bits per heavy atom. The van der Waals surface area contributed by atoms with Crippen LogP contribution >= 0.6 is 0 Å². The summed E-state index contributed by atoms with van der Waals surface area (Å²) >= 11 is 0. The van der Waals surface area contributed by atoms with E-state index in [9.17, 15) is 19.5 Å². The Hall–Kier alpha value is -4.28. The Kier molecular flexibility index (Phi) is 11.6. The van der Waals surface area contributed by atoms with Crippen LogP contribution < -0.4 is 10.2 Å². The zero-order valence-corrected chi connectivity index (χ0v) is 29.7. The number of hydrogen-bond acceptors (Lipinski definition) is 7. The van der Waals surface area contributed by atoms with E-state index in [1.807, 2.05) is 76.2 Å². The van der Waals surface area contributed by atoms with Gasteiger partial charge in [0.25, 0.3) is 5.91 Å². The fraction of sp³-hybridized carbons (Fsp3) is 0.500. The third kappa shape index (κ3) is 6.75. The first-order valence-electron chi connectivity index (χ1n) is 17.8. The Bertz CT molecular complexity index is 1570. The van der Waals surface area contributed by atoms with E-state index in [1.54, 1.807) is 22.0 Å². The highest BCUT2D eigenvalue weighted by Gasteiger charge is 2.75. The molecule has 2 aromatic carbocycles. The van der Waals surface area contributed by atoms with Gasteiger partial charge in [-0.05, 0) is 55.7 Å². The maximum atomic E-state index is 15.1. The van der Waals surface area contributed by atoms with Crippen LogP contribution in [0, 0.1) is 31.6 Å². The summed E-state index contributed by atoms with van der Waals surface area (Å²) < 4.78 is 12.3. The first-order chi connectivity index (χ1) is 24.0. The van der Waals surface area contributed by atoms with Crippen LogP contribution in [0.15, 0.2) is 73.8 Å². The van der Waals surface area contributed by atoms with E-state index < -0.39 is 53.5 Å². The van der Waals surface area contributed by atoms with Crippen molar-refractivity contribution in [2.24, 2.45) is 17.8 Å². The number of fused-ring (bicyclic) bond motifs is 1. The van der Waals surface area contributed by atoms with Gasteiger partial charge in [-0.15, -0.1) is 13.2 Å². The van der Waals surface area contributed by atoms with Gasteiger partial charge >= 0.3 is 5.97 Å². The highest BCUT2D eigenvalue weighted by molar-refractivity contribution is 6.05. The molecule has 1 spiro atoms. The van der Waals surface area contributed by atoms with Gasteiger partial charge in [0.2, 0.25) is 11.8 Å². The lowest BCUT2D eigenvalue weighted by Crippen LogP contribution is -2.60. The number of ether oxygens (including phenoxy) is 2. The number of aliphatic hydroxyl groups excluding tert-OH is 1. The number of amides is 3. The number of aryl methyl sites for hydroxylation is 2. The molecule has 50 heavy (non-hydrogen) atoms. The van der Waals surface area contributed by atoms with E-state index in [4.69, 9.17) is 9.47 Å². The fourth-order valence-electron chi connectivity index (χ4n) is 8.28. The molecule has 10 nitrogen and oxygen atoms in total. The van der Waals surface area contributed by atoms with Gasteiger partial charge in [-0.25, -0.2) is 0 Å². The van der Waals surface area contributed by atoms with Crippen molar-refractivity contribution in [1.82, 2.24) is 10.2 Å². The number of carbonyl (C=O) groups excluding carboxylic acids is 4. The molecule has 0 radical (unpaired) electrons. The molecule has 3 aliphatic rings. The Labute approximate surface area is 295 Å². The first kappa shape index (κ1) is 37.0. The number of benzene rings is 2. The molecule has 2 aromatic rings. The highest BCUT2D eigenvalue weighted by Crippen LogP contribution is 2.59. The lowest BCUT2D eigenvalue weighted by molar-refractivity contribution is -0.147. The molecule has 2 N–H and O–H groups in total.